The average molecular weight is 489 g/mol. The van der Waals surface area contributed by atoms with Crippen LogP contribution in [0.2, 0.25) is 0 Å². The summed E-state index contributed by atoms with van der Waals surface area (Å²) in [7, 11) is -1.39. The van der Waals surface area contributed by atoms with Crippen LogP contribution in [-0.2, 0) is 16.6 Å². The van der Waals surface area contributed by atoms with Gasteiger partial charge in [-0.05, 0) is 37.7 Å². The van der Waals surface area contributed by atoms with Gasteiger partial charge in [0.15, 0.2) is 0 Å². The van der Waals surface area contributed by atoms with E-state index in [1.807, 2.05) is 32.9 Å². The molecule has 0 spiro atoms. The summed E-state index contributed by atoms with van der Waals surface area (Å²) in [6.45, 7) is 10.5. The summed E-state index contributed by atoms with van der Waals surface area (Å²) in [6.07, 6.45) is 1.78. The number of piperazine rings is 1. The number of nitrogens with one attached hydrogen (secondary N) is 2. The number of carbonyl (C=O) groups is 1. The van der Waals surface area contributed by atoms with Crippen LogP contribution < -0.4 is 15.5 Å². The van der Waals surface area contributed by atoms with Gasteiger partial charge >= 0.3 is 6.03 Å². The van der Waals surface area contributed by atoms with Gasteiger partial charge in [0.2, 0.25) is 10.0 Å². The average Bonchev–Trinajstić information content (AvgIpc) is 2.84. The van der Waals surface area contributed by atoms with E-state index >= 15 is 0 Å². The molecular weight excluding hydrogens is 452 g/mol. The van der Waals surface area contributed by atoms with Gasteiger partial charge in [0, 0.05) is 57.6 Å². The number of hydrogen-bond acceptors (Lipinski definition) is 6. The molecule has 0 bridgehead atoms. The maximum Gasteiger partial charge on any atom is 0.315 e. The summed E-state index contributed by atoms with van der Waals surface area (Å²) in [5, 5.41) is 5.85. The van der Waals surface area contributed by atoms with Gasteiger partial charge in [-0.15, -0.1) is 0 Å². The third kappa shape index (κ3) is 6.25. The van der Waals surface area contributed by atoms with Crippen LogP contribution in [0.3, 0.4) is 0 Å². The Kier molecular flexibility index (Phi) is 8.87. The van der Waals surface area contributed by atoms with Crippen molar-refractivity contribution in [3.63, 3.8) is 0 Å². The third-order valence-electron chi connectivity index (χ3n) is 6.18. The normalized spacial score (nSPS) is 15.9. The lowest BCUT2D eigenvalue weighted by molar-refractivity contribution is 0.237. The van der Waals surface area contributed by atoms with Gasteiger partial charge in [0.05, 0.1) is 10.9 Å². The van der Waals surface area contributed by atoms with Gasteiger partial charge in [-0.3, -0.25) is 0 Å². The molecule has 0 aliphatic carbocycles. The van der Waals surface area contributed by atoms with Crippen LogP contribution in [0.4, 0.5) is 10.6 Å². The fraction of sp³-hybridized carbons (Fsp3) is 0.500. The smallest absolute Gasteiger partial charge is 0.315 e. The number of sulfonamides is 1. The van der Waals surface area contributed by atoms with Gasteiger partial charge in [0.25, 0.3) is 0 Å². The van der Waals surface area contributed by atoms with E-state index in [0.717, 1.165) is 43.1 Å². The fourth-order valence-corrected chi connectivity index (χ4v) is 5.48. The maximum absolute atomic E-state index is 12.7. The first-order valence-corrected chi connectivity index (χ1v) is 13.2. The minimum absolute atomic E-state index is 0.254. The van der Waals surface area contributed by atoms with Crippen molar-refractivity contribution in [1.29, 1.82) is 0 Å². The zero-order valence-corrected chi connectivity index (χ0v) is 21.3. The Bertz CT molecular complexity index is 1050. The topological polar surface area (TPSA) is 97.9 Å². The Labute approximate surface area is 203 Å². The highest BCUT2D eigenvalue weighted by Gasteiger charge is 2.22. The Morgan fingerprint density at radius 2 is 1.74 bits per heavy atom. The number of aromatic nitrogens is 1. The highest BCUT2D eigenvalue weighted by atomic mass is 32.2. The first kappa shape index (κ1) is 25.9. The van der Waals surface area contributed by atoms with Crippen molar-refractivity contribution in [2.45, 2.75) is 38.3 Å². The van der Waals surface area contributed by atoms with Gasteiger partial charge in [-0.1, -0.05) is 32.0 Å². The van der Waals surface area contributed by atoms with Crippen molar-refractivity contribution in [2.24, 2.45) is 0 Å². The second-order valence-electron chi connectivity index (χ2n) is 8.48. The van der Waals surface area contributed by atoms with Crippen molar-refractivity contribution in [1.82, 2.24) is 24.8 Å². The minimum Gasteiger partial charge on any atom is -0.354 e. The number of nitrogens with zero attached hydrogens (tertiary/aromatic N) is 4. The lowest BCUT2D eigenvalue weighted by Crippen LogP contribution is -2.45. The number of carbonyl (C=O) groups excluding carboxylic acids is 1. The van der Waals surface area contributed by atoms with Gasteiger partial charge in [0.1, 0.15) is 5.82 Å². The van der Waals surface area contributed by atoms with Gasteiger partial charge in [-0.25, -0.2) is 18.2 Å². The monoisotopic (exact) mass is 488 g/mol. The van der Waals surface area contributed by atoms with E-state index < -0.39 is 10.0 Å². The molecule has 1 aliphatic rings. The number of hydrogen-bond donors (Lipinski definition) is 2. The van der Waals surface area contributed by atoms with Crippen molar-refractivity contribution in [3.05, 3.63) is 53.7 Å². The van der Waals surface area contributed by atoms with Crippen molar-refractivity contribution in [2.75, 3.05) is 51.2 Å². The molecule has 2 heterocycles. The molecule has 2 aromatic rings. The SMILES string of the molecule is CCN(CC)S(=O)(=O)c1ccc(C(C)NC(=O)NCc2cccnc2N2CCN(C)CC2)cc1. The van der Waals surface area contributed by atoms with E-state index in [1.54, 1.807) is 30.5 Å². The first-order valence-electron chi connectivity index (χ1n) is 11.8. The molecule has 1 aromatic carbocycles. The molecule has 34 heavy (non-hydrogen) atoms. The molecule has 1 fully saturated rings. The second-order valence-corrected chi connectivity index (χ2v) is 10.4. The molecular formula is C24H36N6O3S. The van der Waals surface area contributed by atoms with Crippen molar-refractivity contribution < 1.29 is 13.2 Å². The Hall–Kier alpha value is -2.69. The number of pyridine rings is 1. The third-order valence-corrected chi connectivity index (χ3v) is 8.24. The summed E-state index contributed by atoms with van der Waals surface area (Å²) in [4.78, 5) is 21.9. The van der Waals surface area contributed by atoms with E-state index in [4.69, 9.17) is 0 Å². The minimum atomic E-state index is -3.50. The van der Waals surface area contributed by atoms with Crippen LogP contribution in [0.5, 0.6) is 0 Å². The summed E-state index contributed by atoms with van der Waals surface area (Å²) in [5.74, 6) is 0.911. The standard InChI is InChI=1S/C24H36N6O3S/c1-5-30(6-2)34(32,33)22-11-9-20(10-12-22)19(3)27-24(31)26-18-21-8-7-13-25-23(21)29-16-14-28(4)15-17-29/h7-13,19H,5-6,14-18H2,1-4H3,(H2,26,27,31). The molecule has 0 saturated carbocycles. The van der Waals surface area contributed by atoms with Crippen LogP contribution in [0.1, 0.15) is 37.9 Å². The van der Waals surface area contributed by atoms with E-state index in [-0.39, 0.29) is 17.0 Å². The summed E-state index contributed by atoms with van der Waals surface area (Å²) >= 11 is 0. The van der Waals surface area contributed by atoms with Crippen molar-refractivity contribution >= 4 is 21.9 Å². The summed E-state index contributed by atoms with van der Waals surface area (Å²) < 4.78 is 26.8. The van der Waals surface area contributed by atoms with Gasteiger partial charge < -0.3 is 20.4 Å². The number of rotatable bonds is 9. The molecule has 1 saturated heterocycles. The number of benzene rings is 1. The predicted octanol–water partition coefficient (Wildman–Crippen LogP) is 2.42. The molecule has 9 nitrogen and oxygen atoms in total. The lowest BCUT2D eigenvalue weighted by Gasteiger charge is -2.34. The quantitative estimate of drug-likeness (QED) is 0.563. The highest BCUT2D eigenvalue weighted by Crippen LogP contribution is 2.20. The van der Waals surface area contributed by atoms with Gasteiger partial charge in [-0.2, -0.15) is 4.31 Å². The molecule has 1 aliphatic heterocycles. The maximum atomic E-state index is 12.7. The molecule has 0 radical (unpaired) electrons. The summed E-state index contributed by atoms with van der Waals surface area (Å²) in [5.41, 5.74) is 1.80. The molecule has 2 N–H and O–H groups in total. The predicted molar refractivity (Wildman–Crippen MR) is 134 cm³/mol. The number of urea groups is 1. The number of anilines is 1. The summed E-state index contributed by atoms with van der Waals surface area (Å²) in [6, 6.07) is 9.97. The molecule has 186 valence electrons. The number of likely N-dealkylation sites (N-methyl/N-ethyl adjacent to an activating group) is 1. The van der Waals surface area contributed by atoms with Crippen LogP contribution in [-0.4, -0.2) is 75.0 Å². The fourth-order valence-electron chi connectivity index (χ4n) is 4.02. The largest absolute Gasteiger partial charge is 0.354 e. The zero-order valence-electron chi connectivity index (χ0n) is 20.5. The lowest BCUT2D eigenvalue weighted by atomic mass is 10.1. The Balaban J connectivity index is 1.58. The van der Waals surface area contributed by atoms with E-state index in [0.29, 0.717) is 19.6 Å². The molecule has 1 atom stereocenters. The Morgan fingerprint density at radius 3 is 2.35 bits per heavy atom. The molecule has 10 heteroatoms. The van der Waals surface area contributed by atoms with Crippen LogP contribution in [0, 0.1) is 0 Å². The highest BCUT2D eigenvalue weighted by molar-refractivity contribution is 7.89. The molecule has 1 aromatic heterocycles. The van der Waals surface area contributed by atoms with E-state index in [9.17, 15) is 13.2 Å². The van der Waals surface area contributed by atoms with Crippen LogP contribution >= 0.6 is 0 Å². The van der Waals surface area contributed by atoms with Crippen LogP contribution in [0.15, 0.2) is 47.5 Å². The second kappa shape index (κ2) is 11.6. The van der Waals surface area contributed by atoms with E-state index in [1.165, 1.54) is 4.31 Å². The number of amides is 2. The first-order chi connectivity index (χ1) is 16.3. The Morgan fingerprint density at radius 1 is 1.09 bits per heavy atom. The zero-order chi connectivity index (χ0) is 24.7. The van der Waals surface area contributed by atoms with Crippen LogP contribution in [0.25, 0.3) is 0 Å². The molecule has 2 amide bonds. The molecule has 3 rings (SSSR count). The van der Waals surface area contributed by atoms with Crippen molar-refractivity contribution in [3.8, 4) is 0 Å². The van der Waals surface area contributed by atoms with E-state index in [2.05, 4.69) is 32.5 Å². The molecule has 1 unspecified atom stereocenters.